The Kier molecular flexibility index (Phi) is 7.01. The van der Waals surface area contributed by atoms with E-state index in [9.17, 15) is 14.0 Å². The number of likely N-dealkylation sites (tertiary alicyclic amines) is 1. The fraction of sp³-hybridized carbons (Fsp3) is 0.652. The summed E-state index contributed by atoms with van der Waals surface area (Å²) in [5.74, 6) is 0.682. The number of anilines is 1. The topological polar surface area (TPSA) is 64.7 Å². The third-order valence-electron chi connectivity index (χ3n) is 6.38. The molecule has 0 radical (unpaired) electrons. The molecule has 2 heterocycles. The van der Waals surface area contributed by atoms with Gasteiger partial charge in [0.05, 0.1) is 11.7 Å². The summed E-state index contributed by atoms with van der Waals surface area (Å²) in [6.07, 6.45) is 3.24. The van der Waals surface area contributed by atoms with E-state index >= 15 is 0 Å². The lowest BCUT2D eigenvalue weighted by Crippen LogP contribution is -2.60. The molecule has 0 aromatic heterocycles. The number of nitrogens with one attached hydrogen (secondary N) is 2. The second kappa shape index (κ2) is 9.33. The van der Waals surface area contributed by atoms with Gasteiger partial charge in [0.15, 0.2) is 0 Å². The van der Waals surface area contributed by atoms with Crippen molar-refractivity contribution >= 4 is 17.6 Å². The van der Waals surface area contributed by atoms with Crippen molar-refractivity contribution in [2.24, 2.45) is 11.8 Å². The average Bonchev–Trinajstić information content (AvgIpc) is 2.93. The SMILES string of the molecule is CC[C@H](C)CN1C(=O)[C@H](CC(C)C)NC12CCN(C(=O)Nc1cccc(F)c1)CC2. The van der Waals surface area contributed by atoms with Crippen molar-refractivity contribution in [1.29, 1.82) is 0 Å². The number of halogens is 1. The van der Waals surface area contributed by atoms with Crippen LogP contribution in [0, 0.1) is 17.7 Å². The summed E-state index contributed by atoms with van der Waals surface area (Å²) in [4.78, 5) is 29.6. The van der Waals surface area contributed by atoms with Crippen LogP contribution in [0.5, 0.6) is 0 Å². The number of carbonyl (C=O) groups is 2. The van der Waals surface area contributed by atoms with Crippen molar-refractivity contribution in [1.82, 2.24) is 15.1 Å². The third kappa shape index (κ3) is 4.94. The zero-order valence-electron chi connectivity index (χ0n) is 18.6. The van der Waals surface area contributed by atoms with Gasteiger partial charge in [-0.05, 0) is 36.5 Å². The molecule has 3 amide bonds. The van der Waals surface area contributed by atoms with E-state index in [0.29, 0.717) is 43.5 Å². The highest BCUT2D eigenvalue weighted by molar-refractivity contribution is 5.89. The summed E-state index contributed by atoms with van der Waals surface area (Å²) < 4.78 is 13.4. The first-order chi connectivity index (χ1) is 14.2. The van der Waals surface area contributed by atoms with Crippen LogP contribution < -0.4 is 10.6 Å². The first-order valence-corrected chi connectivity index (χ1v) is 11.1. The van der Waals surface area contributed by atoms with Gasteiger partial charge in [-0.3, -0.25) is 10.1 Å². The zero-order chi connectivity index (χ0) is 21.9. The number of amides is 3. The van der Waals surface area contributed by atoms with Gasteiger partial charge >= 0.3 is 6.03 Å². The molecule has 0 aliphatic carbocycles. The number of hydrogen-bond donors (Lipinski definition) is 2. The average molecular weight is 419 g/mol. The van der Waals surface area contributed by atoms with E-state index < -0.39 is 0 Å². The molecule has 1 aromatic carbocycles. The van der Waals surface area contributed by atoms with E-state index in [1.54, 1.807) is 17.0 Å². The molecular weight excluding hydrogens is 383 g/mol. The summed E-state index contributed by atoms with van der Waals surface area (Å²) in [6, 6.07) is 5.53. The quantitative estimate of drug-likeness (QED) is 0.733. The molecule has 2 fully saturated rings. The summed E-state index contributed by atoms with van der Waals surface area (Å²) in [7, 11) is 0. The monoisotopic (exact) mass is 418 g/mol. The Balaban J connectivity index is 1.68. The molecule has 2 saturated heterocycles. The highest BCUT2D eigenvalue weighted by atomic mass is 19.1. The summed E-state index contributed by atoms with van der Waals surface area (Å²) >= 11 is 0. The predicted molar refractivity (Wildman–Crippen MR) is 117 cm³/mol. The normalized spacial score (nSPS) is 22.1. The van der Waals surface area contributed by atoms with Crippen molar-refractivity contribution < 1.29 is 14.0 Å². The Morgan fingerprint density at radius 2 is 2.00 bits per heavy atom. The standard InChI is InChI=1S/C23H35FN4O2/c1-5-17(4)15-28-21(29)20(13-16(2)3)26-23(28)9-11-27(12-10-23)22(30)25-19-8-6-7-18(24)14-19/h6-8,14,16-17,20,26H,5,9-13,15H2,1-4H3,(H,25,30)/t17-,20-/m0/s1. The van der Waals surface area contributed by atoms with E-state index in [1.165, 1.54) is 12.1 Å². The van der Waals surface area contributed by atoms with E-state index in [1.807, 2.05) is 0 Å². The van der Waals surface area contributed by atoms with Crippen molar-refractivity contribution in [3.8, 4) is 0 Å². The number of piperidine rings is 1. The maximum atomic E-state index is 13.4. The Bertz CT molecular complexity index is 761. The fourth-order valence-electron chi connectivity index (χ4n) is 4.46. The maximum Gasteiger partial charge on any atom is 0.321 e. The summed E-state index contributed by atoms with van der Waals surface area (Å²) in [6.45, 7) is 10.4. The fourth-order valence-corrected chi connectivity index (χ4v) is 4.46. The van der Waals surface area contributed by atoms with Crippen LogP contribution in [0.4, 0.5) is 14.9 Å². The van der Waals surface area contributed by atoms with Gasteiger partial charge in [0.2, 0.25) is 5.91 Å². The second-order valence-electron chi connectivity index (χ2n) is 9.25. The molecule has 6 nitrogen and oxygen atoms in total. The van der Waals surface area contributed by atoms with Crippen molar-refractivity contribution in [3.05, 3.63) is 30.1 Å². The van der Waals surface area contributed by atoms with Gasteiger partial charge in [0.25, 0.3) is 0 Å². The number of carbonyl (C=O) groups excluding carboxylic acids is 2. The van der Waals surface area contributed by atoms with Gasteiger partial charge in [-0.1, -0.05) is 40.2 Å². The number of benzene rings is 1. The molecule has 7 heteroatoms. The molecule has 0 bridgehead atoms. The van der Waals surface area contributed by atoms with Crippen molar-refractivity contribution in [2.75, 3.05) is 25.0 Å². The van der Waals surface area contributed by atoms with E-state index in [0.717, 1.165) is 19.4 Å². The van der Waals surface area contributed by atoms with Crippen LogP contribution in [0.3, 0.4) is 0 Å². The van der Waals surface area contributed by atoms with Gasteiger partial charge in [0, 0.05) is 38.2 Å². The number of hydrogen-bond acceptors (Lipinski definition) is 3. The molecule has 2 atom stereocenters. The third-order valence-corrected chi connectivity index (χ3v) is 6.38. The number of rotatable bonds is 6. The van der Waals surface area contributed by atoms with Gasteiger partial charge in [-0.15, -0.1) is 0 Å². The van der Waals surface area contributed by atoms with Crippen LogP contribution in [0.2, 0.25) is 0 Å². The van der Waals surface area contributed by atoms with Crippen LogP contribution in [0.25, 0.3) is 0 Å². The van der Waals surface area contributed by atoms with Crippen molar-refractivity contribution in [2.45, 2.75) is 65.1 Å². The van der Waals surface area contributed by atoms with E-state index in [4.69, 9.17) is 0 Å². The molecule has 2 N–H and O–H groups in total. The Morgan fingerprint density at radius 3 is 2.60 bits per heavy atom. The van der Waals surface area contributed by atoms with Gasteiger partial charge < -0.3 is 15.1 Å². The van der Waals surface area contributed by atoms with E-state index in [2.05, 4.69) is 43.2 Å². The molecule has 166 valence electrons. The Hall–Kier alpha value is -2.15. The Morgan fingerprint density at radius 1 is 1.30 bits per heavy atom. The molecule has 2 aliphatic rings. The van der Waals surface area contributed by atoms with Crippen LogP contribution in [0.1, 0.15) is 53.4 Å². The molecule has 3 rings (SSSR count). The van der Waals surface area contributed by atoms with Gasteiger partial charge in [-0.2, -0.15) is 0 Å². The minimum Gasteiger partial charge on any atom is -0.324 e. The highest BCUT2D eigenvalue weighted by Crippen LogP contribution is 2.35. The second-order valence-corrected chi connectivity index (χ2v) is 9.25. The van der Waals surface area contributed by atoms with Crippen LogP contribution >= 0.6 is 0 Å². The zero-order valence-corrected chi connectivity index (χ0v) is 18.6. The maximum absolute atomic E-state index is 13.4. The molecule has 1 aromatic rings. The molecule has 1 spiro atoms. The highest BCUT2D eigenvalue weighted by Gasteiger charge is 2.51. The molecule has 30 heavy (non-hydrogen) atoms. The number of nitrogens with zero attached hydrogens (tertiary/aromatic N) is 2. The first kappa shape index (κ1) is 22.5. The van der Waals surface area contributed by atoms with Gasteiger partial charge in [-0.25, -0.2) is 9.18 Å². The van der Waals surface area contributed by atoms with Gasteiger partial charge in [0.1, 0.15) is 5.82 Å². The Labute approximate surface area is 179 Å². The van der Waals surface area contributed by atoms with Crippen LogP contribution in [0.15, 0.2) is 24.3 Å². The molecular formula is C23H35FN4O2. The first-order valence-electron chi connectivity index (χ1n) is 11.1. The summed E-state index contributed by atoms with van der Waals surface area (Å²) in [5, 5.41) is 6.43. The van der Waals surface area contributed by atoms with E-state index in [-0.39, 0.29) is 29.5 Å². The predicted octanol–water partition coefficient (Wildman–Crippen LogP) is 4.04. The van der Waals surface area contributed by atoms with Crippen molar-refractivity contribution in [3.63, 3.8) is 0 Å². The largest absolute Gasteiger partial charge is 0.324 e. The van der Waals surface area contributed by atoms with Crippen LogP contribution in [-0.2, 0) is 4.79 Å². The molecule has 0 saturated carbocycles. The smallest absolute Gasteiger partial charge is 0.321 e. The lowest BCUT2D eigenvalue weighted by Gasteiger charge is -2.45. The lowest BCUT2D eigenvalue weighted by atomic mass is 9.94. The minimum atomic E-state index is -0.379. The molecule has 0 unspecified atom stereocenters. The number of urea groups is 1. The van der Waals surface area contributed by atoms with Crippen LogP contribution in [-0.4, -0.2) is 53.1 Å². The lowest BCUT2D eigenvalue weighted by molar-refractivity contribution is -0.134. The molecule has 2 aliphatic heterocycles. The minimum absolute atomic E-state index is 0.151. The summed E-state index contributed by atoms with van der Waals surface area (Å²) in [5.41, 5.74) is 0.0697.